The summed E-state index contributed by atoms with van der Waals surface area (Å²) in [6.07, 6.45) is 2.64. The van der Waals surface area contributed by atoms with Crippen LogP contribution in [-0.2, 0) is 4.79 Å². The van der Waals surface area contributed by atoms with Gasteiger partial charge in [0.1, 0.15) is 5.54 Å². The number of nitrogens with zero attached hydrogens (tertiary/aromatic N) is 1. The zero-order chi connectivity index (χ0) is 16.7. The molecule has 3 nitrogen and oxygen atoms in total. The van der Waals surface area contributed by atoms with Crippen molar-refractivity contribution < 1.29 is 4.79 Å². The van der Waals surface area contributed by atoms with Gasteiger partial charge in [-0.05, 0) is 12.8 Å². The van der Waals surface area contributed by atoms with Crippen LogP contribution in [0.1, 0.15) is 30.9 Å². The molecule has 1 unspecified atom stereocenters. The lowest BCUT2D eigenvalue weighted by Gasteiger charge is -2.25. The maximum atomic E-state index is 12.1. The molecule has 0 aliphatic heterocycles. The van der Waals surface area contributed by atoms with Gasteiger partial charge in [-0.25, -0.2) is 0 Å². The first kappa shape index (κ1) is 16.7. The Morgan fingerprint density at radius 2 is 1.57 bits per heavy atom. The van der Waals surface area contributed by atoms with E-state index < -0.39 is 11.4 Å². The standard InChI is InChI=1S/C20H22N2O/c1-3-15-20(4-2,19(21)23)22-18(16-11-7-5-8-12-16)17-13-9-6-10-14-17/h3,5-14H,1,4,15H2,2H3,(H2,21,23). The van der Waals surface area contributed by atoms with Gasteiger partial charge in [-0.15, -0.1) is 6.58 Å². The molecule has 0 spiro atoms. The molecule has 3 heteroatoms. The van der Waals surface area contributed by atoms with E-state index in [2.05, 4.69) is 6.58 Å². The smallest absolute Gasteiger partial charge is 0.245 e. The van der Waals surface area contributed by atoms with E-state index in [9.17, 15) is 4.79 Å². The lowest BCUT2D eigenvalue weighted by molar-refractivity contribution is -0.123. The number of amides is 1. The van der Waals surface area contributed by atoms with Crippen molar-refractivity contribution in [3.05, 3.63) is 84.4 Å². The van der Waals surface area contributed by atoms with Crippen LogP contribution in [0.15, 0.2) is 78.3 Å². The quantitative estimate of drug-likeness (QED) is 0.615. The third-order valence-electron chi connectivity index (χ3n) is 3.95. The average molecular weight is 306 g/mol. The van der Waals surface area contributed by atoms with Crippen LogP contribution >= 0.6 is 0 Å². The van der Waals surface area contributed by atoms with Crippen LogP contribution in [0, 0.1) is 0 Å². The highest BCUT2D eigenvalue weighted by Gasteiger charge is 2.33. The van der Waals surface area contributed by atoms with E-state index in [0.717, 1.165) is 16.8 Å². The molecule has 23 heavy (non-hydrogen) atoms. The van der Waals surface area contributed by atoms with Gasteiger partial charge in [-0.3, -0.25) is 9.79 Å². The first-order chi connectivity index (χ1) is 11.1. The summed E-state index contributed by atoms with van der Waals surface area (Å²) in [5.41, 5.74) is 7.40. The van der Waals surface area contributed by atoms with E-state index in [-0.39, 0.29) is 0 Å². The van der Waals surface area contributed by atoms with Crippen molar-refractivity contribution in [1.82, 2.24) is 0 Å². The number of primary amides is 1. The summed E-state index contributed by atoms with van der Waals surface area (Å²) in [6.45, 7) is 5.67. The number of hydrogen-bond donors (Lipinski definition) is 1. The summed E-state index contributed by atoms with van der Waals surface area (Å²) in [4.78, 5) is 16.9. The summed E-state index contributed by atoms with van der Waals surface area (Å²) in [5, 5.41) is 0. The Bertz CT molecular complexity index is 651. The first-order valence-corrected chi connectivity index (χ1v) is 7.74. The fourth-order valence-electron chi connectivity index (χ4n) is 2.54. The molecule has 0 bridgehead atoms. The molecule has 2 rings (SSSR count). The molecule has 0 aliphatic rings. The molecule has 118 valence electrons. The maximum absolute atomic E-state index is 12.1. The molecule has 1 atom stereocenters. The van der Waals surface area contributed by atoms with Gasteiger partial charge in [0.2, 0.25) is 5.91 Å². The molecule has 1 amide bonds. The Balaban J connectivity index is 2.65. The predicted octanol–water partition coefficient (Wildman–Crippen LogP) is 3.73. The van der Waals surface area contributed by atoms with Crippen molar-refractivity contribution in [1.29, 1.82) is 0 Å². The van der Waals surface area contributed by atoms with Gasteiger partial charge < -0.3 is 5.73 Å². The van der Waals surface area contributed by atoms with E-state index in [1.165, 1.54) is 0 Å². The summed E-state index contributed by atoms with van der Waals surface area (Å²) < 4.78 is 0. The van der Waals surface area contributed by atoms with Gasteiger partial charge in [0.05, 0.1) is 5.71 Å². The van der Waals surface area contributed by atoms with Gasteiger partial charge in [0, 0.05) is 11.1 Å². The lowest BCUT2D eigenvalue weighted by Crippen LogP contribution is -2.42. The van der Waals surface area contributed by atoms with Crippen molar-refractivity contribution in [2.45, 2.75) is 25.3 Å². The Hall–Kier alpha value is -2.68. The monoisotopic (exact) mass is 306 g/mol. The third kappa shape index (κ3) is 3.75. The fraction of sp³-hybridized carbons (Fsp3) is 0.200. The van der Waals surface area contributed by atoms with Crippen LogP contribution in [0.2, 0.25) is 0 Å². The Labute approximate surface area is 137 Å². The minimum Gasteiger partial charge on any atom is -0.368 e. The summed E-state index contributed by atoms with van der Waals surface area (Å²) >= 11 is 0. The van der Waals surface area contributed by atoms with Gasteiger partial charge in [-0.1, -0.05) is 73.7 Å². The van der Waals surface area contributed by atoms with Crippen molar-refractivity contribution in [3.63, 3.8) is 0 Å². The average Bonchev–Trinajstić information content (AvgIpc) is 2.60. The normalized spacial score (nSPS) is 12.9. The second-order valence-electron chi connectivity index (χ2n) is 5.43. The minimum atomic E-state index is -0.969. The molecule has 0 fully saturated rings. The number of hydrogen-bond acceptors (Lipinski definition) is 2. The van der Waals surface area contributed by atoms with E-state index in [1.54, 1.807) is 6.08 Å². The number of rotatable bonds is 7. The van der Waals surface area contributed by atoms with E-state index in [1.807, 2.05) is 67.6 Å². The van der Waals surface area contributed by atoms with Crippen LogP contribution in [0.3, 0.4) is 0 Å². The maximum Gasteiger partial charge on any atom is 0.245 e. The molecule has 2 N–H and O–H groups in total. The molecule has 0 aromatic heterocycles. The molecule has 2 aromatic rings. The van der Waals surface area contributed by atoms with Gasteiger partial charge in [0.25, 0.3) is 0 Å². The Morgan fingerprint density at radius 3 is 1.91 bits per heavy atom. The van der Waals surface area contributed by atoms with Crippen LogP contribution in [-0.4, -0.2) is 17.2 Å². The van der Waals surface area contributed by atoms with Gasteiger partial charge in [-0.2, -0.15) is 0 Å². The lowest BCUT2D eigenvalue weighted by atomic mass is 9.90. The van der Waals surface area contributed by atoms with Crippen molar-refractivity contribution in [3.8, 4) is 0 Å². The van der Waals surface area contributed by atoms with Crippen LogP contribution in [0.4, 0.5) is 0 Å². The Kier molecular flexibility index (Phi) is 5.47. The summed E-state index contributed by atoms with van der Waals surface area (Å²) in [5.74, 6) is -0.427. The van der Waals surface area contributed by atoms with Crippen molar-refractivity contribution in [2.75, 3.05) is 0 Å². The number of carbonyl (C=O) groups excluding carboxylic acids is 1. The molecule has 0 aliphatic carbocycles. The highest BCUT2D eigenvalue weighted by Crippen LogP contribution is 2.24. The molecule has 0 saturated carbocycles. The molecular formula is C20H22N2O. The van der Waals surface area contributed by atoms with Gasteiger partial charge >= 0.3 is 0 Å². The SMILES string of the molecule is C=CCC(CC)(N=C(c1ccccc1)c1ccccc1)C(N)=O. The zero-order valence-corrected chi connectivity index (χ0v) is 13.4. The third-order valence-corrected chi connectivity index (χ3v) is 3.95. The van der Waals surface area contributed by atoms with Crippen molar-refractivity contribution in [2.24, 2.45) is 10.7 Å². The van der Waals surface area contributed by atoms with Crippen LogP contribution < -0.4 is 5.73 Å². The number of carbonyl (C=O) groups is 1. The zero-order valence-electron chi connectivity index (χ0n) is 13.4. The molecule has 0 radical (unpaired) electrons. The predicted molar refractivity (Wildman–Crippen MR) is 95.6 cm³/mol. The number of nitrogens with two attached hydrogens (primary N) is 1. The summed E-state index contributed by atoms with van der Waals surface area (Å²) in [7, 11) is 0. The van der Waals surface area contributed by atoms with Crippen molar-refractivity contribution >= 4 is 11.6 Å². The Morgan fingerprint density at radius 1 is 1.09 bits per heavy atom. The highest BCUT2D eigenvalue weighted by atomic mass is 16.1. The van der Waals surface area contributed by atoms with Crippen LogP contribution in [0.25, 0.3) is 0 Å². The topological polar surface area (TPSA) is 55.4 Å². The largest absolute Gasteiger partial charge is 0.368 e. The highest BCUT2D eigenvalue weighted by molar-refractivity contribution is 6.14. The van der Waals surface area contributed by atoms with E-state index >= 15 is 0 Å². The summed E-state index contributed by atoms with van der Waals surface area (Å²) in [6, 6.07) is 19.7. The second kappa shape index (κ2) is 7.54. The van der Waals surface area contributed by atoms with Gasteiger partial charge in [0.15, 0.2) is 0 Å². The molecular weight excluding hydrogens is 284 g/mol. The molecule has 0 saturated heterocycles. The van der Waals surface area contributed by atoms with Crippen LogP contribution in [0.5, 0.6) is 0 Å². The van der Waals surface area contributed by atoms with E-state index in [0.29, 0.717) is 12.8 Å². The molecule has 2 aromatic carbocycles. The number of aliphatic imine (C=N–C) groups is 1. The number of benzene rings is 2. The molecule has 0 heterocycles. The minimum absolute atomic E-state index is 0.419. The first-order valence-electron chi connectivity index (χ1n) is 7.74. The second-order valence-corrected chi connectivity index (χ2v) is 5.43. The van der Waals surface area contributed by atoms with E-state index in [4.69, 9.17) is 10.7 Å². The fourth-order valence-corrected chi connectivity index (χ4v) is 2.54.